The van der Waals surface area contributed by atoms with Gasteiger partial charge in [-0.15, -0.1) is 12.4 Å². The first-order valence-electron chi connectivity index (χ1n) is 7.96. The summed E-state index contributed by atoms with van der Waals surface area (Å²) in [5, 5.41) is 6.92. The first kappa shape index (κ1) is 20.1. The molecule has 0 aliphatic heterocycles. The molecule has 1 heterocycles. The Morgan fingerprint density at radius 1 is 1.29 bits per heavy atom. The number of carbonyl (C=O) groups is 1. The number of hydrogen-bond donors (Lipinski definition) is 2. The van der Waals surface area contributed by atoms with Gasteiger partial charge in [0, 0.05) is 12.1 Å². The Morgan fingerprint density at radius 3 is 2.46 bits per heavy atom. The van der Waals surface area contributed by atoms with Gasteiger partial charge in [0.05, 0.1) is 11.5 Å². The van der Waals surface area contributed by atoms with Crippen LogP contribution >= 0.6 is 12.4 Å². The van der Waals surface area contributed by atoms with E-state index in [1.54, 1.807) is 0 Å². The van der Waals surface area contributed by atoms with Crippen LogP contribution in [-0.2, 0) is 4.79 Å². The zero-order chi connectivity index (χ0) is 16.9. The quantitative estimate of drug-likeness (QED) is 0.798. The van der Waals surface area contributed by atoms with Crippen LogP contribution in [0.3, 0.4) is 0 Å². The second-order valence-electron chi connectivity index (χ2n) is 5.71. The maximum absolute atomic E-state index is 12.5. The monoisotopic (exact) mass is 352 g/mol. The number of rotatable bonds is 7. The van der Waals surface area contributed by atoms with Crippen molar-refractivity contribution in [2.75, 3.05) is 6.54 Å². The number of benzene rings is 1. The molecule has 0 aliphatic carbocycles. The fourth-order valence-electron chi connectivity index (χ4n) is 2.48. The van der Waals surface area contributed by atoms with Crippen molar-refractivity contribution in [1.29, 1.82) is 0 Å². The van der Waals surface area contributed by atoms with E-state index < -0.39 is 5.41 Å². The normalized spacial score (nSPS) is 12.3. The van der Waals surface area contributed by atoms with Gasteiger partial charge in [0.15, 0.2) is 5.82 Å². The fraction of sp³-hybridized carbons (Fsp3) is 0.471. The average Bonchev–Trinajstić information content (AvgIpc) is 3.08. The Balaban J connectivity index is 0.00000288. The summed E-state index contributed by atoms with van der Waals surface area (Å²) in [6.45, 7) is 6.11. The third-order valence-corrected chi connectivity index (χ3v) is 4.42. The molecule has 1 unspecified atom stereocenters. The highest BCUT2D eigenvalue weighted by molar-refractivity contribution is 5.85. The summed E-state index contributed by atoms with van der Waals surface area (Å²) in [7, 11) is 0. The van der Waals surface area contributed by atoms with Crippen LogP contribution in [0.4, 0.5) is 0 Å². The Kier molecular flexibility index (Phi) is 7.38. The van der Waals surface area contributed by atoms with Gasteiger partial charge in [-0.25, -0.2) is 0 Å². The SMILES string of the molecule is CCC(CC)(CN)C(=O)NC(C)c1noc(-c2ccccc2)n1.Cl. The summed E-state index contributed by atoms with van der Waals surface area (Å²) in [6.07, 6.45) is 1.39. The number of amides is 1. The number of nitrogens with zero attached hydrogens (tertiary/aromatic N) is 2. The second-order valence-corrected chi connectivity index (χ2v) is 5.71. The molecule has 0 radical (unpaired) electrons. The van der Waals surface area contributed by atoms with E-state index in [-0.39, 0.29) is 24.4 Å². The van der Waals surface area contributed by atoms with Crippen molar-refractivity contribution in [3.05, 3.63) is 36.2 Å². The third-order valence-electron chi connectivity index (χ3n) is 4.42. The first-order valence-corrected chi connectivity index (χ1v) is 7.96. The van der Waals surface area contributed by atoms with Crippen LogP contribution in [0.5, 0.6) is 0 Å². The summed E-state index contributed by atoms with van der Waals surface area (Å²) in [5.41, 5.74) is 6.12. The van der Waals surface area contributed by atoms with E-state index in [1.165, 1.54) is 0 Å². The van der Waals surface area contributed by atoms with Gasteiger partial charge >= 0.3 is 0 Å². The molecule has 1 amide bonds. The largest absolute Gasteiger partial charge is 0.346 e. The summed E-state index contributed by atoms with van der Waals surface area (Å²) in [5.74, 6) is 0.830. The van der Waals surface area contributed by atoms with E-state index in [1.807, 2.05) is 51.1 Å². The predicted octanol–water partition coefficient (Wildman–Crippen LogP) is 3.10. The van der Waals surface area contributed by atoms with E-state index in [4.69, 9.17) is 10.3 Å². The van der Waals surface area contributed by atoms with Crippen LogP contribution in [0.25, 0.3) is 11.5 Å². The van der Waals surface area contributed by atoms with E-state index in [0.717, 1.165) is 5.56 Å². The van der Waals surface area contributed by atoms with Crippen molar-refractivity contribution in [1.82, 2.24) is 15.5 Å². The van der Waals surface area contributed by atoms with Gasteiger partial charge in [0.2, 0.25) is 5.91 Å². The molecule has 7 heteroatoms. The topological polar surface area (TPSA) is 94.0 Å². The Hall–Kier alpha value is -1.92. The minimum atomic E-state index is -0.541. The molecular weight excluding hydrogens is 328 g/mol. The lowest BCUT2D eigenvalue weighted by molar-refractivity contribution is -0.131. The van der Waals surface area contributed by atoms with Gasteiger partial charge in [0.25, 0.3) is 5.89 Å². The smallest absolute Gasteiger partial charge is 0.257 e. The van der Waals surface area contributed by atoms with Crippen molar-refractivity contribution in [3.8, 4) is 11.5 Å². The molecule has 132 valence electrons. The van der Waals surface area contributed by atoms with Crippen LogP contribution in [0.2, 0.25) is 0 Å². The molecule has 3 N–H and O–H groups in total. The van der Waals surface area contributed by atoms with Crippen molar-refractivity contribution in [2.24, 2.45) is 11.1 Å². The van der Waals surface area contributed by atoms with Gasteiger partial charge < -0.3 is 15.6 Å². The first-order chi connectivity index (χ1) is 11.1. The lowest BCUT2D eigenvalue weighted by Crippen LogP contribution is -2.46. The van der Waals surface area contributed by atoms with Gasteiger partial charge in [-0.3, -0.25) is 4.79 Å². The molecular formula is C17H25ClN4O2. The lowest BCUT2D eigenvalue weighted by atomic mass is 9.81. The van der Waals surface area contributed by atoms with Crippen LogP contribution < -0.4 is 11.1 Å². The molecule has 1 atom stereocenters. The minimum absolute atomic E-state index is 0. The predicted molar refractivity (Wildman–Crippen MR) is 95.6 cm³/mol. The van der Waals surface area contributed by atoms with Crippen molar-refractivity contribution in [3.63, 3.8) is 0 Å². The molecule has 1 aromatic carbocycles. The lowest BCUT2D eigenvalue weighted by Gasteiger charge is -2.29. The Morgan fingerprint density at radius 2 is 1.92 bits per heavy atom. The number of hydrogen-bond acceptors (Lipinski definition) is 5. The second kappa shape index (κ2) is 8.80. The van der Waals surface area contributed by atoms with E-state index >= 15 is 0 Å². The number of carbonyl (C=O) groups excluding carboxylic acids is 1. The molecule has 0 saturated carbocycles. The van der Waals surface area contributed by atoms with E-state index in [0.29, 0.717) is 31.1 Å². The van der Waals surface area contributed by atoms with Crippen LogP contribution in [0.15, 0.2) is 34.9 Å². The molecule has 0 fully saturated rings. The fourth-order valence-corrected chi connectivity index (χ4v) is 2.48. The molecule has 6 nitrogen and oxygen atoms in total. The summed E-state index contributed by atoms with van der Waals surface area (Å²) >= 11 is 0. The zero-order valence-electron chi connectivity index (χ0n) is 14.3. The van der Waals surface area contributed by atoms with Crippen LogP contribution in [0.1, 0.15) is 45.5 Å². The minimum Gasteiger partial charge on any atom is -0.346 e. The van der Waals surface area contributed by atoms with Crippen molar-refractivity contribution in [2.45, 2.75) is 39.7 Å². The third kappa shape index (κ3) is 4.13. The highest BCUT2D eigenvalue weighted by atomic mass is 35.5. The van der Waals surface area contributed by atoms with Crippen molar-refractivity contribution < 1.29 is 9.32 Å². The number of halogens is 1. The highest BCUT2D eigenvalue weighted by Gasteiger charge is 2.34. The molecule has 0 saturated heterocycles. The van der Waals surface area contributed by atoms with Gasteiger partial charge in [-0.2, -0.15) is 4.98 Å². The van der Waals surface area contributed by atoms with Gasteiger partial charge in [0.1, 0.15) is 0 Å². The average molecular weight is 353 g/mol. The number of nitrogens with two attached hydrogens (primary N) is 1. The van der Waals surface area contributed by atoms with E-state index in [9.17, 15) is 4.79 Å². The summed E-state index contributed by atoms with van der Waals surface area (Å²) in [4.78, 5) is 16.9. The highest BCUT2D eigenvalue weighted by Crippen LogP contribution is 2.26. The molecule has 1 aromatic heterocycles. The summed E-state index contributed by atoms with van der Waals surface area (Å²) < 4.78 is 5.28. The maximum atomic E-state index is 12.5. The number of aromatic nitrogens is 2. The van der Waals surface area contributed by atoms with Crippen molar-refractivity contribution >= 4 is 18.3 Å². The molecule has 24 heavy (non-hydrogen) atoms. The maximum Gasteiger partial charge on any atom is 0.257 e. The zero-order valence-corrected chi connectivity index (χ0v) is 15.1. The number of nitrogens with one attached hydrogen (secondary N) is 1. The Bertz CT molecular complexity index is 633. The molecule has 0 bridgehead atoms. The van der Waals surface area contributed by atoms with Crippen LogP contribution in [-0.4, -0.2) is 22.6 Å². The molecule has 0 aliphatic rings. The van der Waals surface area contributed by atoms with Gasteiger partial charge in [-0.05, 0) is 31.9 Å². The standard InChI is InChI=1S/C17H24N4O2.ClH/c1-4-17(5-2,11-18)16(22)19-12(3)14-20-15(23-21-14)13-9-7-6-8-10-13;/h6-10,12H,4-5,11,18H2,1-3H3,(H,19,22);1H. The van der Waals surface area contributed by atoms with Crippen LogP contribution in [0, 0.1) is 5.41 Å². The molecule has 2 rings (SSSR count). The Labute approximate surface area is 148 Å². The van der Waals surface area contributed by atoms with Gasteiger partial charge in [-0.1, -0.05) is 37.2 Å². The van der Waals surface area contributed by atoms with E-state index in [2.05, 4.69) is 15.5 Å². The summed E-state index contributed by atoms with van der Waals surface area (Å²) in [6, 6.07) is 9.19. The molecule has 2 aromatic rings. The molecule has 0 spiro atoms.